The molecule has 0 saturated heterocycles. The Bertz CT molecular complexity index is 480. The largest absolute Gasteiger partial charge is 0.466 e. The second-order valence-electron chi connectivity index (χ2n) is 3.80. The molecule has 2 nitrogen and oxygen atoms in total. The van der Waals surface area contributed by atoms with Crippen LogP contribution in [0.4, 0.5) is 4.39 Å². The van der Waals surface area contributed by atoms with E-state index in [-0.39, 0.29) is 11.9 Å². The Balaban J connectivity index is 2.16. The van der Waals surface area contributed by atoms with Crippen LogP contribution in [0.25, 0.3) is 0 Å². The van der Waals surface area contributed by atoms with Crippen LogP contribution >= 0.6 is 15.9 Å². The number of rotatable bonds is 4. The molecule has 1 aromatic heterocycles. The monoisotopic (exact) mass is 297 g/mol. The lowest BCUT2D eigenvalue weighted by atomic mass is 10.0. The highest BCUT2D eigenvalue weighted by atomic mass is 79.9. The average molecular weight is 298 g/mol. The summed E-state index contributed by atoms with van der Waals surface area (Å²) in [6.07, 6.45) is 2.40. The molecule has 0 radical (unpaired) electrons. The van der Waals surface area contributed by atoms with E-state index in [4.69, 9.17) is 4.42 Å². The van der Waals surface area contributed by atoms with E-state index in [2.05, 4.69) is 21.2 Å². The Hall–Kier alpha value is -1.13. The molecular weight excluding hydrogens is 285 g/mol. The summed E-state index contributed by atoms with van der Waals surface area (Å²) in [6.45, 7) is 0. The Labute approximate surface area is 108 Å². The molecule has 0 aliphatic carbocycles. The normalized spacial score (nSPS) is 12.6. The molecule has 0 fully saturated rings. The lowest BCUT2D eigenvalue weighted by molar-refractivity contribution is 0.427. The summed E-state index contributed by atoms with van der Waals surface area (Å²) in [7, 11) is 1.88. The van der Waals surface area contributed by atoms with Gasteiger partial charge in [0.2, 0.25) is 0 Å². The highest BCUT2D eigenvalue weighted by molar-refractivity contribution is 9.10. The van der Waals surface area contributed by atoms with E-state index in [0.717, 1.165) is 22.2 Å². The number of hydrogen-bond donors (Lipinski definition) is 1. The van der Waals surface area contributed by atoms with Crippen LogP contribution in [0.15, 0.2) is 45.5 Å². The van der Waals surface area contributed by atoms with Crippen LogP contribution in [-0.4, -0.2) is 7.05 Å². The van der Waals surface area contributed by atoms with Crippen molar-refractivity contribution < 1.29 is 8.81 Å². The second-order valence-corrected chi connectivity index (χ2v) is 4.66. The standard InChI is InChI=1S/C13H13BrFNO/c1-16-12(13-11(14)6-7-17-13)8-9-2-4-10(15)5-3-9/h2-7,12,16H,8H2,1H3. The van der Waals surface area contributed by atoms with Gasteiger partial charge in [-0.25, -0.2) is 4.39 Å². The molecule has 0 aliphatic heterocycles. The van der Waals surface area contributed by atoms with E-state index in [9.17, 15) is 4.39 Å². The van der Waals surface area contributed by atoms with Gasteiger partial charge in [0.15, 0.2) is 0 Å². The van der Waals surface area contributed by atoms with Crippen molar-refractivity contribution >= 4 is 15.9 Å². The van der Waals surface area contributed by atoms with Gasteiger partial charge in [-0.2, -0.15) is 0 Å². The van der Waals surface area contributed by atoms with Gasteiger partial charge in [0.05, 0.1) is 16.8 Å². The first-order valence-corrected chi connectivity index (χ1v) is 6.14. The highest BCUT2D eigenvalue weighted by Gasteiger charge is 2.16. The molecule has 1 N–H and O–H groups in total. The Morgan fingerprint density at radius 2 is 2.00 bits per heavy atom. The van der Waals surface area contributed by atoms with Crippen molar-refractivity contribution in [3.05, 3.63) is 58.2 Å². The molecule has 0 amide bonds. The Morgan fingerprint density at radius 3 is 2.53 bits per heavy atom. The Morgan fingerprint density at radius 1 is 1.29 bits per heavy atom. The van der Waals surface area contributed by atoms with Crippen LogP contribution in [0.3, 0.4) is 0 Å². The van der Waals surface area contributed by atoms with Crippen LogP contribution in [0, 0.1) is 5.82 Å². The number of furan rings is 1. The van der Waals surface area contributed by atoms with Crippen molar-refractivity contribution in [3.63, 3.8) is 0 Å². The van der Waals surface area contributed by atoms with Crippen LogP contribution in [0.2, 0.25) is 0 Å². The molecule has 0 spiro atoms. The lowest BCUT2D eigenvalue weighted by Gasteiger charge is -2.14. The molecule has 90 valence electrons. The molecule has 1 atom stereocenters. The fourth-order valence-electron chi connectivity index (χ4n) is 1.74. The highest BCUT2D eigenvalue weighted by Crippen LogP contribution is 2.26. The number of benzene rings is 1. The summed E-state index contributed by atoms with van der Waals surface area (Å²) in [5, 5.41) is 3.19. The fourth-order valence-corrected chi connectivity index (χ4v) is 2.21. The van der Waals surface area contributed by atoms with E-state index in [0.29, 0.717) is 0 Å². The van der Waals surface area contributed by atoms with Gasteiger partial charge < -0.3 is 9.73 Å². The van der Waals surface area contributed by atoms with Crippen molar-refractivity contribution in [2.24, 2.45) is 0 Å². The maximum Gasteiger partial charge on any atom is 0.135 e. The second kappa shape index (κ2) is 5.47. The summed E-state index contributed by atoms with van der Waals surface area (Å²) in [5.74, 6) is 0.644. The van der Waals surface area contributed by atoms with Crippen LogP contribution in [0.5, 0.6) is 0 Å². The number of nitrogens with one attached hydrogen (secondary N) is 1. The number of hydrogen-bond acceptors (Lipinski definition) is 2. The minimum absolute atomic E-state index is 0.0739. The summed E-state index contributed by atoms with van der Waals surface area (Å²) in [4.78, 5) is 0. The third-order valence-electron chi connectivity index (χ3n) is 2.66. The first-order valence-electron chi connectivity index (χ1n) is 5.35. The molecule has 0 saturated carbocycles. The van der Waals surface area contributed by atoms with Crippen LogP contribution in [-0.2, 0) is 6.42 Å². The molecule has 1 heterocycles. The van der Waals surface area contributed by atoms with E-state index >= 15 is 0 Å². The van der Waals surface area contributed by atoms with Gasteiger partial charge >= 0.3 is 0 Å². The minimum Gasteiger partial charge on any atom is -0.466 e. The topological polar surface area (TPSA) is 25.2 Å². The average Bonchev–Trinajstić information content (AvgIpc) is 2.75. The van der Waals surface area contributed by atoms with E-state index in [1.165, 1.54) is 12.1 Å². The summed E-state index contributed by atoms with van der Waals surface area (Å²) < 4.78 is 19.2. The maximum absolute atomic E-state index is 12.8. The first-order chi connectivity index (χ1) is 8.20. The molecule has 4 heteroatoms. The molecule has 0 bridgehead atoms. The molecule has 2 aromatic rings. The van der Waals surface area contributed by atoms with Crippen molar-refractivity contribution in [3.8, 4) is 0 Å². The smallest absolute Gasteiger partial charge is 0.135 e. The summed E-state index contributed by atoms with van der Waals surface area (Å²) >= 11 is 3.44. The summed E-state index contributed by atoms with van der Waals surface area (Å²) in [5.41, 5.74) is 1.06. The van der Waals surface area contributed by atoms with Gasteiger partial charge in [-0.05, 0) is 53.2 Å². The van der Waals surface area contributed by atoms with Crippen molar-refractivity contribution in [1.82, 2.24) is 5.32 Å². The van der Waals surface area contributed by atoms with E-state index in [1.807, 2.05) is 13.1 Å². The first kappa shape index (κ1) is 12.3. The zero-order valence-electron chi connectivity index (χ0n) is 9.41. The van der Waals surface area contributed by atoms with Crippen molar-refractivity contribution in [2.75, 3.05) is 7.05 Å². The number of likely N-dealkylation sites (N-methyl/N-ethyl adjacent to an activating group) is 1. The molecule has 17 heavy (non-hydrogen) atoms. The third-order valence-corrected chi connectivity index (χ3v) is 3.32. The minimum atomic E-state index is -0.214. The quantitative estimate of drug-likeness (QED) is 0.931. The molecule has 2 rings (SSSR count). The van der Waals surface area contributed by atoms with Crippen LogP contribution in [0.1, 0.15) is 17.4 Å². The predicted molar refractivity (Wildman–Crippen MR) is 68.3 cm³/mol. The zero-order chi connectivity index (χ0) is 12.3. The molecule has 0 aliphatic rings. The van der Waals surface area contributed by atoms with Gasteiger partial charge in [-0.1, -0.05) is 12.1 Å². The number of halogens is 2. The maximum atomic E-state index is 12.8. The molecular formula is C13H13BrFNO. The SMILES string of the molecule is CNC(Cc1ccc(F)cc1)c1occc1Br. The summed E-state index contributed by atoms with van der Waals surface area (Å²) in [6, 6.07) is 8.46. The van der Waals surface area contributed by atoms with Gasteiger partial charge in [0.25, 0.3) is 0 Å². The lowest BCUT2D eigenvalue weighted by Crippen LogP contribution is -2.18. The third kappa shape index (κ3) is 2.96. The van der Waals surface area contributed by atoms with Gasteiger partial charge in [0.1, 0.15) is 11.6 Å². The van der Waals surface area contributed by atoms with Gasteiger partial charge in [0, 0.05) is 0 Å². The van der Waals surface area contributed by atoms with E-state index < -0.39 is 0 Å². The van der Waals surface area contributed by atoms with Crippen molar-refractivity contribution in [1.29, 1.82) is 0 Å². The van der Waals surface area contributed by atoms with Crippen LogP contribution < -0.4 is 5.32 Å². The zero-order valence-corrected chi connectivity index (χ0v) is 11.0. The van der Waals surface area contributed by atoms with Crippen molar-refractivity contribution in [2.45, 2.75) is 12.5 Å². The van der Waals surface area contributed by atoms with Gasteiger partial charge in [-0.15, -0.1) is 0 Å². The predicted octanol–water partition coefficient (Wildman–Crippen LogP) is 3.68. The Kier molecular flexibility index (Phi) is 3.97. The van der Waals surface area contributed by atoms with E-state index in [1.54, 1.807) is 18.4 Å². The fraction of sp³-hybridized carbons (Fsp3) is 0.231. The molecule has 1 unspecified atom stereocenters. The molecule has 1 aromatic carbocycles. The van der Waals surface area contributed by atoms with Gasteiger partial charge in [-0.3, -0.25) is 0 Å².